The van der Waals surface area contributed by atoms with Crippen LogP contribution in [0.25, 0.3) is 4.85 Å². The number of pyridine rings is 3. The van der Waals surface area contributed by atoms with Gasteiger partial charge in [0.1, 0.15) is 22.5 Å². The molecule has 3 aliphatic carbocycles. The van der Waals surface area contributed by atoms with Crippen LogP contribution in [-0.4, -0.2) is 75.5 Å². The number of carbonyl (C=O) groups excluding carboxylic acids is 4. The van der Waals surface area contributed by atoms with Crippen LogP contribution in [0.5, 0.6) is 0 Å². The van der Waals surface area contributed by atoms with Crippen molar-refractivity contribution in [3.05, 3.63) is 83.7 Å². The Morgan fingerprint density at radius 2 is 0.957 bits per heavy atom. The van der Waals surface area contributed by atoms with Crippen LogP contribution >= 0.6 is 16.9 Å². The van der Waals surface area contributed by atoms with E-state index in [0.717, 1.165) is 65.6 Å². The maximum Gasteiger partial charge on any atom is 1.00 e. The van der Waals surface area contributed by atoms with E-state index in [4.69, 9.17) is 48.4 Å². The standard InChI is InChI=1S/C17H25N3O2.C16H20N2O3.C15H17N3O2.CH3.Ce.3ClH.Li/c1-16(2,3)22-15(21)20-9-10-8-11(10)14-12(20)6-7-13(19-14)17(4,5)18;1-9(19)12-5-6-13-14(17-12)11-7-10(11)8-18(13)15(20)21-16(2,3)4;1-15(2,3)20-14(19)18-8-9-7-10(9)13-11(18)5-6-12(16-4)17-13;;;;;;/h6-7,10-11H,8-9,18H2,1-5H3;5-6,10-11H,7-8H2,1-4H3;5-6,9-10H,7-8H2,1-3H3;1H3;;3*1H;/q;;;-1;+3;;;;+1/p-3. The molecule has 3 aromatic heterocycles. The van der Waals surface area contributed by atoms with Crippen molar-refractivity contribution in [3.8, 4) is 0 Å². The summed E-state index contributed by atoms with van der Waals surface area (Å²) in [5.74, 6) is 3.01. The van der Waals surface area contributed by atoms with Crippen molar-refractivity contribution in [2.75, 3.05) is 34.3 Å². The quantitative estimate of drug-likeness (QED) is 0.112. The summed E-state index contributed by atoms with van der Waals surface area (Å²) in [5.41, 5.74) is 25.7. The number of Topliss-reactive ketones (excluding diaryl/α,β-unsaturated/α-hetero) is 1. The van der Waals surface area contributed by atoms with Gasteiger partial charge in [-0.25, -0.2) is 19.4 Å². The van der Waals surface area contributed by atoms with E-state index in [-0.39, 0.29) is 50.4 Å². The topological polar surface area (TPSA) is 175 Å². The molecule has 15 nitrogen and oxygen atoms in total. The first-order valence-corrected chi connectivity index (χ1v) is 34.3. The number of halogens is 3. The van der Waals surface area contributed by atoms with Gasteiger partial charge in [-0.3, -0.25) is 24.5 Å². The van der Waals surface area contributed by atoms with E-state index in [1.807, 2.05) is 100 Å². The SMILES string of the molecule is CC(=O)c1ccc2c(n1)C1CC1CN2C(=O)OC(C)(C)C.CC(C)(C)OC(=O)N1CC2CC2c2nc(C(C)(C)N)ccc21.[C-]#[N+]c1ccc2c(n1)C1CC1CN2C(=O)OC(C)(C)C.[CH3-].[Cl][Ce]([Cl])[Cl].[Li+]. The third-order valence-electron chi connectivity index (χ3n) is 11.6. The van der Waals surface area contributed by atoms with Crippen molar-refractivity contribution in [3.63, 3.8) is 0 Å². The number of amides is 3. The summed E-state index contributed by atoms with van der Waals surface area (Å²) >= 11 is -2.24. The second-order valence-corrected chi connectivity index (χ2v) is 35.3. The molecule has 0 spiro atoms. The molecule has 3 aromatic rings. The van der Waals surface area contributed by atoms with E-state index >= 15 is 0 Å². The van der Waals surface area contributed by atoms with Crippen LogP contribution in [0.4, 0.5) is 37.3 Å². The second kappa shape index (κ2) is 22.6. The van der Waals surface area contributed by atoms with Gasteiger partial charge < -0.3 is 32.2 Å². The molecular weight excluding hydrogens is 1070 g/mol. The van der Waals surface area contributed by atoms with Gasteiger partial charge in [0, 0.05) is 44.3 Å². The Morgan fingerprint density at radius 3 is 1.29 bits per heavy atom. The van der Waals surface area contributed by atoms with Crippen LogP contribution in [0.3, 0.4) is 0 Å². The summed E-state index contributed by atoms with van der Waals surface area (Å²) in [5, 5.41) is 0. The van der Waals surface area contributed by atoms with Crippen molar-refractivity contribution in [1.82, 2.24) is 15.0 Å². The van der Waals surface area contributed by atoms with Crippen LogP contribution in [0.2, 0.25) is 0 Å². The van der Waals surface area contributed by atoms with Crippen LogP contribution in [0, 0.1) is 62.4 Å². The number of nitrogens with zero attached hydrogens (tertiary/aromatic N) is 7. The smallest absolute Gasteiger partial charge is 1.00 e. The number of nitrogens with two attached hydrogens (primary N) is 1. The van der Waals surface area contributed by atoms with Crippen molar-refractivity contribution in [1.29, 1.82) is 0 Å². The zero-order valence-electron chi connectivity index (χ0n) is 42.4. The van der Waals surface area contributed by atoms with E-state index in [0.29, 0.717) is 60.1 Å². The minimum absolute atomic E-state index is 0. The minimum atomic E-state index is -2.24. The van der Waals surface area contributed by atoms with Gasteiger partial charge >= 0.3 is 84.7 Å². The summed E-state index contributed by atoms with van der Waals surface area (Å²) in [6.07, 6.45) is 2.20. The third-order valence-corrected chi connectivity index (χ3v) is 11.6. The van der Waals surface area contributed by atoms with Crippen molar-refractivity contribution in [2.24, 2.45) is 23.5 Å². The summed E-state index contributed by atoms with van der Waals surface area (Å²) in [6.45, 7) is 31.3. The number of anilines is 3. The maximum absolute atomic E-state index is 12.5. The Bertz CT molecular complexity index is 2450. The molecule has 6 heterocycles. The Kier molecular flexibility index (Phi) is 19.2. The summed E-state index contributed by atoms with van der Waals surface area (Å²) < 4.78 is 16.5. The predicted molar refractivity (Wildman–Crippen MR) is 263 cm³/mol. The molecule has 20 heteroatoms. The van der Waals surface area contributed by atoms with Gasteiger partial charge in [0.25, 0.3) is 5.82 Å². The minimum Gasteiger partial charge on any atom is 1.00 e. The van der Waals surface area contributed by atoms with E-state index in [1.165, 1.54) is 6.92 Å². The van der Waals surface area contributed by atoms with Crippen LogP contribution < -0.4 is 39.3 Å². The van der Waals surface area contributed by atoms with Crippen LogP contribution in [0.1, 0.15) is 153 Å². The fourth-order valence-electron chi connectivity index (χ4n) is 8.33. The fraction of sp³-hybridized carbons (Fsp3) is 0.571. The average molecular weight is 1130 g/mol. The number of fused-ring (bicyclic) bond motifs is 9. The Labute approximate surface area is 441 Å². The number of ether oxygens (including phenoxy) is 3. The van der Waals surface area contributed by atoms with E-state index < -0.39 is 53.0 Å². The summed E-state index contributed by atoms with van der Waals surface area (Å²) in [4.78, 5) is 70.7. The van der Waals surface area contributed by atoms with E-state index in [2.05, 4.69) is 14.8 Å². The van der Waals surface area contributed by atoms with Crippen molar-refractivity contribution >= 4 is 63.8 Å². The van der Waals surface area contributed by atoms with Gasteiger partial charge in [-0.05, 0) is 150 Å². The number of rotatable bonds is 2. The second-order valence-electron chi connectivity index (χ2n) is 21.5. The van der Waals surface area contributed by atoms with Gasteiger partial charge in [0.05, 0.1) is 39.7 Å². The van der Waals surface area contributed by atoms with Gasteiger partial charge in [-0.15, -0.1) is 4.98 Å². The Morgan fingerprint density at radius 1 is 0.623 bits per heavy atom. The zero-order valence-corrected chi connectivity index (χ0v) is 47.8. The van der Waals surface area contributed by atoms with Crippen LogP contribution in [-0.2, 0) is 19.7 Å². The molecule has 3 saturated carbocycles. The molecule has 3 amide bonds. The molecule has 2 N–H and O–H groups in total. The Hall–Kier alpha value is -2.78. The monoisotopic (exact) mass is 1130 g/mol. The first kappa shape index (κ1) is 58.8. The van der Waals surface area contributed by atoms with E-state index in [9.17, 15) is 19.2 Å². The van der Waals surface area contributed by atoms with Gasteiger partial charge in [0.15, 0.2) is 11.5 Å². The molecule has 0 saturated heterocycles. The molecule has 0 aromatic carbocycles. The third kappa shape index (κ3) is 15.6. The van der Waals surface area contributed by atoms with E-state index in [1.54, 1.807) is 26.8 Å². The van der Waals surface area contributed by atoms with Crippen molar-refractivity contribution < 1.29 is 82.9 Å². The summed E-state index contributed by atoms with van der Waals surface area (Å²) in [6, 6.07) is 10.8. The first-order chi connectivity index (χ1) is 30.9. The predicted octanol–water partition coefficient (Wildman–Crippen LogP) is 9.29. The molecule has 3 aliphatic heterocycles. The molecular formula is C49H65CeCl3LiN8O7. The number of hydrogen-bond acceptors (Lipinski definition) is 11. The maximum atomic E-state index is 12.5. The zero-order chi connectivity index (χ0) is 49.7. The number of ketones is 1. The fourth-order valence-corrected chi connectivity index (χ4v) is 8.33. The average Bonchev–Trinajstić information content (AvgIpc) is 4.08. The molecule has 6 aliphatic rings. The number of hydrogen-bond donors (Lipinski definition) is 1. The molecule has 3 fully saturated rings. The molecule has 0 radical (unpaired) electrons. The number of carbonyl (C=O) groups is 4. The molecule has 0 bridgehead atoms. The Balaban J connectivity index is 0.000000214. The first-order valence-electron chi connectivity index (χ1n) is 22.5. The van der Waals surface area contributed by atoms with Gasteiger partial charge in [0.2, 0.25) is 0 Å². The normalized spacial score (nSPS) is 21.8. The molecule has 6 atom stereocenters. The van der Waals surface area contributed by atoms with Crippen LogP contribution in [0.15, 0.2) is 36.4 Å². The van der Waals surface area contributed by atoms with Crippen molar-refractivity contribution in [2.45, 2.75) is 142 Å². The summed E-state index contributed by atoms with van der Waals surface area (Å²) in [7, 11) is 0. The molecule has 69 heavy (non-hydrogen) atoms. The van der Waals surface area contributed by atoms with Gasteiger partial charge in [-0.1, -0.05) is 6.57 Å². The molecule has 369 valence electrons. The van der Waals surface area contributed by atoms with Gasteiger partial charge in [-0.2, -0.15) is 0 Å². The number of aromatic nitrogens is 3. The molecule has 9 rings (SSSR count). The largest absolute Gasteiger partial charge is 1.00 e. The molecule has 6 unspecified atom stereocenters.